The van der Waals surface area contributed by atoms with E-state index in [1.54, 1.807) is 18.2 Å². The third kappa shape index (κ3) is 5.10. The van der Waals surface area contributed by atoms with Crippen molar-refractivity contribution in [1.29, 1.82) is 0 Å². The van der Waals surface area contributed by atoms with Crippen LogP contribution in [-0.4, -0.2) is 58.5 Å². The van der Waals surface area contributed by atoms with Crippen molar-refractivity contribution in [2.75, 3.05) is 19.0 Å². The van der Waals surface area contributed by atoms with Crippen molar-refractivity contribution in [1.82, 2.24) is 9.80 Å². The molecular formula is C22H31ClN4O2. The van der Waals surface area contributed by atoms with E-state index in [-0.39, 0.29) is 35.6 Å². The zero-order valence-electron chi connectivity index (χ0n) is 17.4. The normalized spacial score (nSPS) is 23.2. The molecule has 6 nitrogen and oxygen atoms in total. The molecule has 0 saturated carbocycles. The molecule has 2 unspecified atom stereocenters. The van der Waals surface area contributed by atoms with E-state index < -0.39 is 0 Å². The Balaban J connectivity index is 1.97. The number of amides is 2. The summed E-state index contributed by atoms with van der Waals surface area (Å²) in [6.45, 7) is 5.63. The number of hydrogen-bond acceptors (Lipinski definition) is 3. The van der Waals surface area contributed by atoms with Gasteiger partial charge in [0.15, 0.2) is 0 Å². The molecular weight excluding hydrogens is 388 g/mol. The van der Waals surface area contributed by atoms with Gasteiger partial charge in [0.1, 0.15) is 5.84 Å². The van der Waals surface area contributed by atoms with Gasteiger partial charge in [0.25, 0.3) is 11.8 Å². The molecule has 2 amide bonds. The monoisotopic (exact) mass is 418 g/mol. The Bertz CT molecular complexity index is 743. The number of alkyl halides is 1. The van der Waals surface area contributed by atoms with E-state index >= 15 is 0 Å². The first-order valence-corrected chi connectivity index (χ1v) is 11.1. The number of nitrogens with zero attached hydrogens (tertiary/aromatic N) is 3. The van der Waals surface area contributed by atoms with Crippen LogP contribution >= 0.6 is 11.6 Å². The maximum absolute atomic E-state index is 13.2. The Kier molecular flexibility index (Phi) is 7.17. The number of nitrogens with two attached hydrogens (primary N) is 1. The Hall–Kier alpha value is -2.08. The topological polar surface area (TPSA) is 79.0 Å². The molecule has 0 aliphatic carbocycles. The highest BCUT2D eigenvalue weighted by Crippen LogP contribution is 2.26. The first-order chi connectivity index (χ1) is 13.9. The quantitative estimate of drug-likeness (QED) is 0.457. The Morgan fingerprint density at radius 2 is 1.45 bits per heavy atom. The van der Waals surface area contributed by atoms with E-state index in [1.807, 2.05) is 9.80 Å². The van der Waals surface area contributed by atoms with Gasteiger partial charge >= 0.3 is 0 Å². The van der Waals surface area contributed by atoms with Gasteiger partial charge in [-0.1, -0.05) is 0 Å². The van der Waals surface area contributed by atoms with E-state index in [9.17, 15) is 9.59 Å². The summed E-state index contributed by atoms with van der Waals surface area (Å²) in [5, 5.41) is 0. The summed E-state index contributed by atoms with van der Waals surface area (Å²) in [5.74, 6) is 0.236. The van der Waals surface area contributed by atoms with Gasteiger partial charge in [-0.25, -0.2) is 4.99 Å². The molecule has 7 heteroatoms. The van der Waals surface area contributed by atoms with Crippen molar-refractivity contribution in [2.45, 2.75) is 64.5 Å². The van der Waals surface area contributed by atoms with Gasteiger partial charge in [-0.2, -0.15) is 0 Å². The Labute approximate surface area is 178 Å². The van der Waals surface area contributed by atoms with Crippen molar-refractivity contribution in [3.05, 3.63) is 29.3 Å². The number of piperidine rings is 2. The van der Waals surface area contributed by atoms with Gasteiger partial charge < -0.3 is 15.5 Å². The van der Waals surface area contributed by atoms with Crippen LogP contribution in [0.1, 0.15) is 73.1 Å². The van der Waals surface area contributed by atoms with E-state index in [0.29, 0.717) is 16.8 Å². The molecule has 0 spiro atoms. The predicted octanol–water partition coefficient (Wildman–Crippen LogP) is 3.94. The fourth-order valence-electron chi connectivity index (χ4n) is 4.25. The standard InChI is InChI=1S/C22H31ClN4O2/c1-15-7-3-5-9-26(15)21(28)17-11-18(13-19(12-17)25-20(24)14-23)22(29)27-10-6-4-8-16(27)2/h11-13,15-16H,3-10,14H2,1-2H3,(H2,24,25). The molecule has 2 fully saturated rings. The molecule has 29 heavy (non-hydrogen) atoms. The van der Waals surface area contributed by atoms with Crippen LogP contribution in [0.2, 0.25) is 0 Å². The maximum Gasteiger partial charge on any atom is 0.254 e. The summed E-state index contributed by atoms with van der Waals surface area (Å²) >= 11 is 5.78. The van der Waals surface area contributed by atoms with Gasteiger partial charge in [0, 0.05) is 36.3 Å². The summed E-state index contributed by atoms with van der Waals surface area (Å²) in [6, 6.07) is 5.51. The molecule has 2 aliphatic heterocycles. The third-order valence-electron chi connectivity index (χ3n) is 5.95. The highest BCUT2D eigenvalue weighted by molar-refractivity contribution is 6.28. The average Bonchev–Trinajstić information content (AvgIpc) is 2.73. The molecule has 2 aliphatic rings. The molecule has 1 aromatic carbocycles. The van der Waals surface area contributed by atoms with Crippen LogP contribution in [0.25, 0.3) is 0 Å². The lowest BCUT2D eigenvalue weighted by Crippen LogP contribution is -2.43. The molecule has 2 atom stereocenters. The number of carbonyl (C=O) groups is 2. The second kappa shape index (κ2) is 9.61. The van der Waals surface area contributed by atoms with E-state index in [2.05, 4.69) is 18.8 Å². The molecule has 2 N–H and O–H groups in total. The van der Waals surface area contributed by atoms with Crippen molar-refractivity contribution in [2.24, 2.45) is 10.7 Å². The second-order valence-electron chi connectivity index (χ2n) is 8.19. The molecule has 3 rings (SSSR count). The minimum atomic E-state index is -0.0561. The molecule has 0 bridgehead atoms. The number of likely N-dealkylation sites (tertiary alicyclic amines) is 2. The highest BCUT2D eigenvalue weighted by Gasteiger charge is 2.28. The fourth-order valence-corrected chi connectivity index (χ4v) is 4.31. The zero-order chi connectivity index (χ0) is 21.0. The summed E-state index contributed by atoms with van der Waals surface area (Å²) in [6.07, 6.45) is 6.28. The van der Waals surface area contributed by atoms with Gasteiger partial charge in [0.05, 0.1) is 11.6 Å². The van der Waals surface area contributed by atoms with Gasteiger partial charge in [0.2, 0.25) is 0 Å². The zero-order valence-corrected chi connectivity index (χ0v) is 18.1. The number of hydrogen-bond donors (Lipinski definition) is 1. The Morgan fingerprint density at radius 3 is 1.86 bits per heavy atom. The van der Waals surface area contributed by atoms with Crippen molar-refractivity contribution in [3.8, 4) is 0 Å². The largest absolute Gasteiger partial charge is 0.386 e. The maximum atomic E-state index is 13.2. The lowest BCUT2D eigenvalue weighted by atomic mass is 9.99. The molecule has 1 aromatic rings. The van der Waals surface area contributed by atoms with Gasteiger partial charge in [-0.15, -0.1) is 11.6 Å². The number of rotatable bonds is 4. The van der Waals surface area contributed by atoms with E-state index in [1.165, 1.54) is 0 Å². The van der Waals surface area contributed by atoms with E-state index in [4.69, 9.17) is 17.3 Å². The average molecular weight is 419 g/mol. The fraction of sp³-hybridized carbons (Fsp3) is 0.591. The molecule has 2 saturated heterocycles. The van der Waals surface area contributed by atoms with Crippen LogP contribution in [0.3, 0.4) is 0 Å². The summed E-state index contributed by atoms with van der Waals surface area (Å²) in [4.78, 5) is 34.6. The van der Waals surface area contributed by atoms with Crippen LogP contribution in [-0.2, 0) is 0 Å². The molecule has 0 radical (unpaired) electrons. The van der Waals surface area contributed by atoms with E-state index in [0.717, 1.165) is 51.6 Å². The number of carbonyl (C=O) groups excluding carboxylic acids is 2. The SMILES string of the molecule is CC1CCCCN1C(=O)c1cc(N=C(N)CCl)cc(C(=O)N2CCCCC2C)c1. The summed E-state index contributed by atoms with van der Waals surface area (Å²) in [5.41, 5.74) is 7.27. The van der Waals surface area contributed by atoms with Gasteiger partial charge in [-0.05, 0) is 70.6 Å². The van der Waals surface area contributed by atoms with Gasteiger partial charge in [-0.3, -0.25) is 9.59 Å². The molecule has 158 valence electrons. The van der Waals surface area contributed by atoms with Crippen LogP contribution in [0.15, 0.2) is 23.2 Å². The Morgan fingerprint density at radius 1 is 0.966 bits per heavy atom. The molecule has 2 heterocycles. The summed E-state index contributed by atoms with van der Waals surface area (Å²) < 4.78 is 0. The number of benzene rings is 1. The first-order valence-electron chi connectivity index (χ1n) is 10.6. The third-order valence-corrected chi connectivity index (χ3v) is 6.22. The van der Waals surface area contributed by atoms with Crippen molar-refractivity contribution < 1.29 is 9.59 Å². The smallest absolute Gasteiger partial charge is 0.254 e. The van der Waals surface area contributed by atoms with Crippen LogP contribution in [0, 0.1) is 0 Å². The minimum Gasteiger partial charge on any atom is -0.386 e. The first kappa shape index (κ1) is 21.6. The lowest BCUT2D eigenvalue weighted by Gasteiger charge is -2.34. The minimum absolute atomic E-state index is 0.0561. The van der Waals surface area contributed by atoms with Crippen molar-refractivity contribution in [3.63, 3.8) is 0 Å². The van der Waals surface area contributed by atoms with Crippen LogP contribution in [0.4, 0.5) is 5.69 Å². The lowest BCUT2D eigenvalue weighted by molar-refractivity contribution is 0.0634. The van der Waals surface area contributed by atoms with Crippen LogP contribution in [0.5, 0.6) is 0 Å². The number of halogens is 1. The second-order valence-corrected chi connectivity index (χ2v) is 8.46. The van der Waals surface area contributed by atoms with Crippen molar-refractivity contribution >= 4 is 34.9 Å². The number of aliphatic imine (C=N–C) groups is 1. The summed E-state index contributed by atoms with van der Waals surface area (Å²) in [7, 11) is 0. The highest BCUT2D eigenvalue weighted by atomic mass is 35.5. The molecule has 0 aromatic heterocycles. The predicted molar refractivity (Wildman–Crippen MR) is 117 cm³/mol. The number of amidine groups is 1. The van der Waals surface area contributed by atoms with Crippen LogP contribution < -0.4 is 5.73 Å².